The smallest absolute Gasteiger partial charge is 0.165 e. The van der Waals surface area contributed by atoms with Crippen LogP contribution < -0.4 is 0 Å². The van der Waals surface area contributed by atoms with E-state index < -0.39 is 5.79 Å². The molecule has 0 saturated heterocycles. The second kappa shape index (κ2) is 4.72. The summed E-state index contributed by atoms with van der Waals surface area (Å²) in [5.41, 5.74) is 0. The molecule has 1 rings (SSSR count). The fourth-order valence-electron chi connectivity index (χ4n) is 1.63. The van der Waals surface area contributed by atoms with Gasteiger partial charge in [-0.2, -0.15) is 0 Å². The summed E-state index contributed by atoms with van der Waals surface area (Å²) in [6, 6.07) is 0. The highest BCUT2D eigenvalue weighted by atomic mass is 16.6. The second-order valence-corrected chi connectivity index (χ2v) is 3.81. The molecule has 0 bridgehead atoms. The minimum atomic E-state index is -0.937. The Balaban J connectivity index is 2.21. The molecule has 0 aromatic rings. The molecule has 0 spiro atoms. The van der Waals surface area contributed by atoms with E-state index in [9.17, 15) is 9.90 Å². The molecular weight excluding hydrogens is 168 g/mol. The van der Waals surface area contributed by atoms with Crippen LogP contribution in [-0.4, -0.2) is 23.3 Å². The molecule has 0 aromatic heterocycles. The highest BCUT2D eigenvalue weighted by molar-refractivity contribution is 5.75. The maximum atomic E-state index is 10.6. The fourth-order valence-corrected chi connectivity index (χ4v) is 1.63. The zero-order valence-electron chi connectivity index (χ0n) is 8.21. The van der Waals surface area contributed by atoms with Gasteiger partial charge in [0.25, 0.3) is 0 Å². The molecule has 0 unspecified atom stereocenters. The quantitative estimate of drug-likeness (QED) is 0.679. The van der Waals surface area contributed by atoms with Gasteiger partial charge in [-0.1, -0.05) is 6.42 Å². The zero-order valence-corrected chi connectivity index (χ0v) is 8.21. The Labute approximate surface area is 79.1 Å². The topological polar surface area (TPSA) is 46.5 Å². The highest BCUT2D eigenvalue weighted by Gasteiger charge is 2.29. The molecule has 76 valence electrons. The van der Waals surface area contributed by atoms with Crippen LogP contribution in [0.1, 0.15) is 45.4 Å². The molecule has 13 heavy (non-hydrogen) atoms. The third-order valence-corrected chi connectivity index (χ3v) is 2.46. The molecule has 1 saturated carbocycles. The largest absolute Gasteiger partial charge is 0.365 e. The average Bonchev–Trinajstić information content (AvgIpc) is 2.04. The maximum Gasteiger partial charge on any atom is 0.165 e. The van der Waals surface area contributed by atoms with Crippen LogP contribution in [0.25, 0.3) is 0 Å². The summed E-state index contributed by atoms with van der Waals surface area (Å²) in [6.07, 6.45) is 5.06. The number of carbonyl (C=O) groups excluding carboxylic acids is 1. The lowest BCUT2D eigenvalue weighted by Crippen LogP contribution is -2.35. The standard InChI is InChI=1S/C10H18O3/c1-9(11)5-8-13-10(12)6-3-2-4-7-10/h12H,2-8H2,1H3. The minimum Gasteiger partial charge on any atom is -0.365 e. The summed E-state index contributed by atoms with van der Waals surface area (Å²) >= 11 is 0. The number of aliphatic hydroxyl groups is 1. The van der Waals surface area contributed by atoms with Gasteiger partial charge >= 0.3 is 0 Å². The molecule has 1 aliphatic carbocycles. The molecule has 1 fully saturated rings. The van der Waals surface area contributed by atoms with Crippen LogP contribution in [0, 0.1) is 0 Å². The van der Waals surface area contributed by atoms with E-state index in [4.69, 9.17) is 4.74 Å². The number of hydrogen-bond acceptors (Lipinski definition) is 3. The lowest BCUT2D eigenvalue weighted by Gasteiger charge is -2.31. The summed E-state index contributed by atoms with van der Waals surface area (Å²) < 4.78 is 5.32. The van der Waals surface area contributed by atoms with Gasteiger partial charge in [0.1, 0.15) is 5.78 Å². The zero-order chi connectivity index (χ0) is 9.73. The van der Waals surface area contributed by atoms with E-state index in [0.29, 0.717) is 25.9 Å². The van der Waals surface area contributed by atoms with Crippen molar-refractivity contribution in [2.75, 3.05) is 6.61 Å². The van der Waals surface area contributed by atoms with Crippen LogP contribution in [0.5, 0.6) is 0 Å². The molecular formula is C10H18O3. The lowest BCUT2D eigenvalue weighted by atomic mass is 9.94. The van der Waals surface area contributed by atoms with Gasteiger partial charge in [-0.15, -0.1) is 0 Å². The van der Waals surface area contributed by atoms with Crippen LogP contribution in [-0.2, 0) is 9.53 Å². The third kappa shape index (κ3) is 3.87. The predicted octanol–water partition coefficient (Wildman–Crippen LogP) is 1.63. The van der Waals surface area contributed by atoms with Gasteiger partial charge < -0.3 is 9.84 Å². The summed E-state index contributed by atoms with van der Waals surface area (Å²) in [4.78, 5) is 10.6. The van der Waals surface area contributed by atoms with Crippen molar-refractivity contribution in [2.24, 2.45) is 0 Å². The first-order valence-corrected chi connectivity index (χ1v) is 4.98. The lowest BCUT2D eigenvalue weighted by molar-refractivity contribution is -0.220. The molecule has 3 nitrogen and oxygen atoms in total. The van der Waals surface area contributed by atoms with Crippen LogP contribution in [0.15, 0.2) is 0 Å². The number of hydrogen-bond donors (Lipinski definition) is 1. The van der Waals surface area contributed by atoms with Gasteiger partial charge in [0.2, 0.25) is 0 Å². The highest BCUT2D eigenvalue weighted by Crippen LogP contribution is 2.28. The van der Waals surface area contributed by atoms with E-state index in [1.54, 1.807) is 0 Å². The molecule has 0 aromatic carbocycles. The van der Waals surface area contributed by atoms with Gasteiger partial charge in [-0.3, -0.25) is 4.79 Å². The van der Waals surface area contributed by atoms with E-state index >= 15 is 0 Å². The van der Waals surface area contributed by atoms with Gasteiger partial charge in [-0.05, 0) is 19.8 Å². The fraction of sp³-hybridized carbons (Fsp3) is 0.900. The van der Waals surface area contributed by atoms with Gasteiger partial charge in [0, 0.05) is 19.3 Å². The number of ether oxygens (including phenoxy) is 1. The Morgan fingerprint density at radius 1 is 1.38 bits per heavy atom. The van der Waals surface area contributed by atoms with E-state index in [0.717, 1.165) is 12.8 Å². The molecule has 0 radical (unpaired) electrons. The number of rotatable bonds is 4. The van der Waals surface area contributed by atoms with Crippen molar-refractivity contribution < 1.29 is 14.6 Å². The number of ketones is 1. The van der Waals surface area contributed by atoms with Crippen molar-refractivity contribution in [3.63, 3.8) is 0 Å². The van der Waals surface area contributed by atoms with E-state index in [1.165, 1.54) is 13.3 Å². The van der Waals surface area contributed by atoms with Crippen LogP contribution in [0.2, 0.25) is 0 Å². The molecule has 0 aliphatic heterocycles. The Bertz CT molecular complexity index is 171. The average molecular weight is 186 g/mol. The third-order valence-electron chi connectivity index (χ3n) is 2.46. The monoisotopic (exact) mass is 186 g/mol. The minimum absolute atomic E-state index is 0.111. The van der Waals surface area contributed by atoms with Gasteiger partial charge in [-0.25, -0.2) is 0 Å². The number of carbonyl (C=O) groups is 1. The van der Waals surface area contributed by atoms with Gasteiger partial charge in [0.15, 0.2) is 5.79 Å². The van der Waals surface area contributed by atoms with Crippen molar-refractivity contribution in [3.05, 3.63) is 0 Å². The SMILES string of the molecule is CC(=O)CCOC1(O)CCCCC1. The Hall–Kier alpha value is -0.410. The van der Waals surface area contributed by atoms with Crippen molar-refractivity contribution in [2.45, 2.75) is 51.2 Å². The molecule has 3 heteroatoms. The second-order valence-electron chi connectivity index (χ2n) is 3.81. The Morgan fingerprint density at radius 2 is 2.00 bits per heavy atom. The first-order valence-electron chi connectivity index (χ1n) is 4.98. The molecule has 0 atom stereocenters. The Kier molecular flexibility index (Phi) is 3.88. The summed E-state index contributed by atoms with van der Waals surface area (Å²) in [5, 5.41) is 9.85. The van der Waals surface area contributed by atoms with Crippen LogP contribution in [0.4, 0.5) is 0 Å². The van der Waals surface area contributed by atoms with Crippen LogP contribution in [0.3, 0.4) is 0 Å². The van der Waals surface area contributed by atoms with Crippen molar-refractivity contribution in [1.82, 2.24) is 0 Å². The molecule has 1 N–H and O–H groups in total. The van der Waals surface area contributed by atoms with E-state index in [1.807, 2.05) is 0 Å². The molecule has 0 amide bonds. The summed E-state index contributed by atoms with van der Waals surface area (Å²) in [7, 11) is 0. The van der Waals surface area contributed by atoms with E-state index in [2.05, 4.69) is 0 Å². The van der Waals surface area contributed by atoms with Crippen LogP contribution >= 0.6 is 0 Å². The number of Topliss-reactive ketones (excluding diaryl/α,β-unsaturated/α-hetero) is 1. The van der Waals surface area contributed by atoms with Crippen molar-refractivity contribution in [3.8, 4) is 0 Å². The maximum absolute atomic E-state index is 10.6. The molecule has 0 heterocycles. The van der Waals surface area contributed by atoms with Gasteiger partial charge in [0.05, 0.1) is 6.61 Å². The summed E-state index contributed by atoms with van der Waals surface area (Å²) in [6.45, 7) is 1.89. The molecule has 1 aliphatic rings. The van der Waals surface area contributed by atoms with Crippen molar-refractivity contribution in [1.29, 1.82) is 0 Å². The van der Waals surface area contributed by atoms with E-state index in [-0.39, 0.29) is 5.78 Å². The first kappa shape index (κ1) is 10.7. The normalized spacial score (nSPS) is 21.4. The first-order chi connectivity index (χ1) is 6.12. The Morgan fingerprint density at radius 3 is 2.54 bits per heavy atom. The van der Waals surface area contributed by atoms with Crippen molar-refractivity contribution >= 4 is 5.78 Å². The predicted molar refractivity (Wildman–Crippen MR) is 49.3 cm³/mol. The summed E-state index contributed by atoms with van der Waals surface area (Å²) in [5.74, 6) is -0.826.